The van der Waals surface area contributed by atoms with E-state index >= 15 is 0 Å². The number of fused-ring (bicyclic) bond motifs is 11. The maximum absolute atomic E-state index is 2.81. The number of benzene rings is 7. The monoisotopic (exact) mass is 947 g/mol. The van der Waals surface area contributed by atoms with Crippen LogP contribution in [-0.4, -0.2) is 6.85 Å². The van der Waals surface area contributed by atoms with Gasteiger partial charge in [0.1, 0.15) is 0 Å². The predicted octanol–water partition coefficient (Wildman–Crippen LogP) is 17.8. The van der Waals surface area contributed by atoms with Crippen molar-refractivity contribution in [1.29, 1.82) is 0 Å². The Morgan fingerprint density at radius 3 is 1.75 bits per heavy atom. The molecule has 0 bridgehead atoms. The van der Waals surface area contributed by atoms with E-state index in [0.717, 1.165) is 0 Å². The summed E-state index contributed by atoms with van der Waals surface area (Å²) in [5.41, 5.74) is 25.6. The van der Waals surface area contributed by atoms with Gasteiger partial charge in [-0.15, -0.1) is 11.3 Å². The van der Waals surface area contributed by atoms with E-state index in [2.05, 4.69) is 247 Å². The molecule has 3 heterocycles. The first-order valence-electron chi connectivity index (χ1n) is 26.3. The molecule has 1 aromatic heterocycles. The van der Waals surface area contributed by atoms with Crippen LogP contribution in [0, 0.1) is 0 Å². The van der Waals surface area contributed by atoms with Gasteiger partial charge in [-0.25, -0.2) is 0 Å². The van der Waals surface area contributed by atoms with E-state index < -0.39 is 0 Å². The normalized spacial score (nSPS) is 17.1. The van der Waals surface area contributed by atoms with Crippen LogP contribution in [0.1, 0.15) is 156 Å². The van der Waals surface area contributed by atoms with Crippen molar-refractivity contribution < 1.29 is 0 Å². The molecule has 12 rings (SSSR count). The molecule has 0 amide bonds. The number of thiophene rings is 1. The van der Waals surface area contributed by atoms with Crippen molar-refractivity contribution in [2.75, 3.05) is 9.71 Å². The molecule has 7 aromatic carbocycles. The Labute approximate surface area is 429 Å². The van der Waals surface area contributed by atoms with E-state index in [1.54, 1.807) is 0 Å². The second-order valence-corrected chi connectivity index (χ2v) is 27.6. The van der Waals surface area contributed by atoms with Gasteiger partial charge >= 0.3 is 6.85 Å². The Morgan fingerprint density at radius 2 is 1.08 bits per heavy atom. The Balaban J connectivity index is 1.25. The van der Waals surface area contributed by atoms with Crippen LogP contribution in [0.3, 0.4) is 0 Å². The van der Waals surface area contributed by atoms with Crippen LogP contribution in [0.2, 0.25) is 0 Å². The molecule has 4 heteroatoms. The van der Waals surface area contributed by atoms with E-state index in [1.807, 2.05) is 11.3 Å². The zero-order valence-electron chi connectivity index (χ0n) is 45.0. The highest BCUT2D eigenvalue weighted by Crippen LogP contribution is 2.61. The zero-order valence-corrected chi connectivity index (χ0v) is 45.8. The van der Waals surface area contributed by atoms with Gasteiger partial charge in [-0.1, -0.05) is 195 Å². The van der Waals surface area contributed by atoms with Gasteiger partial charge in [0.2, 0.25) is 0 Å². The molecule has 2 nitrogen and oxygen atoms in total. The third-order valence-corrected chi connectivity index (χ3v) is 18.6. The van der Waals surface area contributed by atoms with Crippen molar-refractivity contribution in [2.24, 2.45) is 0 Å². The minimum atomic E-state index is -0.188. The van der Waals surface area contributed by atoms with Crippen molar-refractivity contribution >= 4 is 66.9 Å². The Morgan fingerprint density at radius 1 is 0.479 bits per heavy atom. The lowest BCUT2D eigenvalue weighted by atomic mass is 9.46. The lowest BCUT2D eigenvalue weighted by Gasteiger charge is -2.46. The molecule has 0 radical (unpaired) electrons. The van der Waals surface area contributed by atoms with Crippen LogP contribution in [-0.2, 0) is 32.5 Å². The van der Waals surface area contributed by atoms with E-state index in [4.69, 9.17) is 0 Å². The number of nitrogens with zero attached hydrogens (tertiary/aromatic N) is 2. The highest BCUT2D eigenvalue weighted by atomic mass is 32.1. The van der Waals surface area contributed by atoms with Gasteiger partial charge < -0.3 is 9.71 Å². The number of hydrogen-bond acceptors (Lipinski definition) is 3. The maximum atomic E-state index is 2.81. The van der Waals surface area contributed by atoms with E-state index in [1.165, 1.54) is 134 Å². The summed E-state index contributed by atoms with van der Waals surface area (Å²) in [5, 5.41) is 1.30. The second kappa shape index (κ2) is 15.1. The largest absolute Gasteiger partial charge is 0.375 e. The standard InChI is InChI=1S/C67H71BN2S/c1-62(2,3)41-25-28-44(29-26-41)70-59-45(30-31-50-57(59)49-38-52-53(39-51(49)67(50,14)15)66(12,13)34-33-65(52,10)11)48-36-43(64(7,8)9)37-55-58(48)68(70)61-60(46-23-19-20-24-56(46)71-61)69(55)54-32-27-42(63(4,5)6)35-47(54)40-21-17-16-18-22-40/h16-32,35-39H,33-34H2,1-15H3. The van der Waals surface area contributed by atoms with Crippen molar-refractivity contribution in [3.63, 3.8) is 0 Å². The van der Waals surface area contributed by atoms with Gasteiger partial charge in [-0.2, -0.15) is 0 Å². The lowest BCUT2D eigenvalue weighted by Crippen LogP contribution is -2.61. The summed E-state index contributed by atoms with van der Waals surface area (Å²) in [5.74, 6) is 0. The molecule has 71 heavy (non-hydrogen) atoms. The molecule has 0 unspecified atom stereocenters. The fraction of sp³-hybridized carbons (Fsp3) is 0.343. The predicted molar refractivity (Wildman–Crippen MR) is 310 cm³/mol. The zero-order chi connectivity index (χ0) is 50.1. The van der Waals surface area contributed by atoms with Crippen LogP contribution in [0.25, 0.3) is 43.5 Å². The smallest absolute Gasteiger partial charge is 0.343 e. The highest BCUT2D eigenvalue weighted by Gasteiger charge is 2.51. The minimum Gasteiger partial charge on any atom is -0.375 e. The molecule has 2 aliphatic heterocycles. The van der Waals surface area contributed by atoms with Gasteiger partial charge in [0.15, 0.2) is 0 Å². The molecule has 0 saturated carbocycles. The van der Waals surface area contributed by atoms with Crippen LogP contribution in [0.15, 0.2) is 133 Å². The summed E-state index contributed by atoms with van der Waals surface area (Å²) in [6.07, 6.45) is 2.39. The van der Waals surface area contributed by atoms with E-state index in [9.17, 15) is 0 Å². The first-order valence-corrected chi connectivity index (χ1v) is 27.2. The summed E-state index contributed by atoms with van der Waals surface area (Å²) in [6, 6.07) is 52.8. The summed E-state index contributed by atoms with van der Waals surface area (Å²) >= 11 is 1.99. The minimum absolute atomic E-state index is 0.0218. The molecule has 0 spiro atoms. The lowest BCUT2D eigenvalue weighted by molar-refractivity contribution is 0.331. The van der Waals surface area contributed by atoms with E-state index in [-0.39, 0.29) is 39.3 Å². The molecule has 358 valence electrons. The molecule has 4 aliphatic rings. The van der Waals surface area contributed by atoms with Gasteiger partial charge in [-0.05, 0) is 143 Å². The third-order valence-electron chi connectivity index (χ3n) is 17.4. The average molecular weight is 947 g/mol. The van der Waals surface area contributed by atoms with Crippen LogP contribution >= 0.6 is 11.3 Å². The SMILES string of the molecule is CC(C)(C)c1ccc(N2B3c4sc5ccccc5c4N(c4ccc(C(C)(C)C)cc4-c4ccccc4)c4cc(C(C)(C)C)cc(c43)-c3ccc4c(c32)-c2cc3c(cc2C4(C)C)C(C)(C)CCC3(C)C)cc1. The Kier molecular flexibility index (Phi) is 9.84. The molecule has 0 atom stereocenters. The van der Waals surface area contributed by atoms with Crippen molar-refractivity contribution in [2.45, 2.75) is 149 Å². The molecule has 2 aliphatic carbocycles. The fourth-order valence-corrected chi connectivity index (χ4v) is 14.2. The van der Waals surface area contributed by atoms with Crippen molar-refractivity contribution in [1.82, 2.24) is 0 Å². The molecule has 0 fully saturated rings. The van der Waals surface area contributed by atoms with Crippen LogP contribution in [0.5, 0.6) is 0 Å². The summed E-state index contributed by atoms with van der Waals surface area (Å²) in [6.45, 7) is 36.0. The highest BCUT2D eigenvalue weighted by molar-refractivity contribution is 7.32. The van der Waals surface area contributed by atoms with Gasteiger partial charge in [0.25, 0.3) is 0 Å². The van der Waals surface area contributed by atoms with Gasteiger partial charge in [0.05, 0.1) is 11.4 Å². The number of hydrogen-bond donors (Lipinski definition) is 0. The van der Waals surface area contributed by atoms with Crippen molar-refractivity contribution in [3.8, 4) is 33.4 Å². The second-order valence-electron chi connectivity index (χ2n) is 26.5. The average Bonchev–Trinajstić information content (AvgIpc) is 3.81. The summed E-state index contributed by atoms with van der Waals surface area (Å²) in [7, 11) is 0. The molecular weight excluding hydrogens is 876 g/mol. The first kappa shape index (κ1) is 46.2. The topological polar surface area (TPSA) is 6.48 Å². The Bertz CT molecular complexity index is 3510. The Hall–Kier alpha value is -5.84. The van der Waals surface area contributed by atoms with Crippen LogP contribution in [0.4, 0.5) is 28.4 Å². The molecular formula is C67H71BN2S. The van der Waals surface area contributed by atoms with Crippen molar-refractivity contribution in [3.05, 3.63) is 172 Å². The summed E-state index contributed by atoms with van der Waals surface area (Å²) < 4.78 is 2.70. The van der Waals surface area contributed by atoms with Gasteiger partial charge in [0, 0.05) is 54.0 Å². The quantitative estimate of drug-likeness (QED) is 0.163. The maximum Gasteiger partial charge on any atom is 0.343 e. The number of anilines is 5. The van der Waals surface area contributed by atoms with E-state index in [0.29, 0.717) is 0 Å². The fourth-order valence-electron chi connectivity index (χ4n) is 12.9. The molecule has 0 saturated heterocycles. The first-order chi connectivity index (χ1) is 33.4. The number of rotatable bonds is 3. The van der Waals surface area contributed by atoms with Gasteiger partial charge in [-0.3, -0.25) is 0 Å². The third kappa shape index (κ3) is 6.86. The molecule has 0 N–H and O–H groups in total. The molecule has 8 aromatic rings. The van der Waals surface area contributed by atoms with Crippen LogP contribution < -0.4 is 20.0 Å². The summed E-state index contributed by atoms with van der Waals surface area (Å²) in [4.78, 5) is 5.51.